The van der Waals surface area contributed by atoms with Crippen molar-refractivity contribution in [2.24, 2.45) is 15.0 Å². The molecule has 0 unspecified atom stereocenters. The topological polar surface area (TPSA) is 46.3 Å². The summed E-state index contributed by atoms with van der Waals surface area (Å²) in [6.45, 7) is 1.97. The molecule has 1 aliphatic rings. The smallest absolute Gasteiger partial charge is 0.326 e. The molecule has 0 amide bonds. The van der Waals surface area contributed by atoms with Crippen molar-refractivity contribution < 1.29 is 4.74 Å². The molecule has 0 saturated heterocycles. The highest BCUT2D eigenvalue weighted by Gasteiger charge is 1.98. The molecular formula is C7H9N3O. The Morgan fingerprint density at radius 3 is 3.09 bits per heavy atom. The average molecular weight is 151 g/mol. The van der Waals surface area contributed by atoms with Crippen LogP contribution in [0, 0.1) is 0 Å². The zero-order valence-electron chi connectivity index (χ0n) is 6.53. The maximum Gasteiger partial charge on any atom is 0.326 e. The van der Waals surface area contributed by atoms with Crippen LogP contribution in [-0.2, 0) is 4.74 Å². The number of hydrogen-bond acceptors (Lipinski definition) is 4. The van der Waals surface area contributed by atoms with E-state index in [-0.39, 0.29) is 0 Å². The van der Waals surface area contributed by atoms with Crippen LogP contribution in [0.3, 0.4) is 0 Å². The normalized spacial score (nSPS) is 15.5. The first-order valence-corrected chi connectivity index (χ1v) is 3.34. The Bertz CT molecular complexity index is 259. The number of amidine groups is 2. The third-order valence-corrected chi connectivity index (χ3v) is 1.16. The van der Waals surface area contributed by atoms with Gasteiger partial charge in [0.25, 0.3) is 0 Å². The molecule has 1 aliphatic heterocycles. The van der Waals surface area contributed by atoms with Gasteiger partial charge in [-0.1, -0.05) is 6.92 Å². The molecule has 0 aromatic carbocycles. The third-order valence-electron chi connectivity index (χ3n) is 1.16. The Balaban J connectivity index is 2.88. The van der Waals surface area contributed by atoms with Crippen molar-refractivity contribution in [2.45, 2.75) is 13.3 Å². The Kier molecular flexibility index (Phi) is 2.58. The Morgan fingerprint density at radius 1 is 1.64 bits per heavy atom. The second-order valence-electron chi connectivity index (χ2n) is 1.87. The number of aliphatic imine (C=N–C) groups is 3. The summed E-state index contributed by atoms with van der Waals surface area (Å²) in [5, 5.41) is 0. The molecule has 0 N–H and O–H groups in total. The fourth-order valence-corrected chi connectivity index (χ4v) is 0.613. The summed E-state index contributed by atoms with van der Waals surface area (Å²) in [6.07, 6.45) is 2.24. The van der Waals surface area contributed by atoms with Crippen LogP contribution in [0.25, 0.3) is 0 Å². The van der Waals surface area contributed by atoms with Crippen LogP contribution in [-0.4, -0.2) is 24.8 Å². The van der Waals surface area contributed by atoms with E-state index in [0.717, 1.165) is 6.42 Å². The van der Waals surface area contributed by atoms with Gasteiger partial charge in [0.05, 0.1) is 13.3 Å². The highest BCUT2D eigenvalue weighted by molar-refractivity contribution is 5.97. The van der Waals surface area contributed by atoms with Crippen LogP contribution >= 0.6 is 0 Å². The Morgan fingerprint density at radius 2 is 2.45 bits per heavy atom. The molecule has 1 heterocycles. The first-order chi connectivity index (χ1) is 5.36. The van der Waals surface area contributed by atoms with E-state index in [9.17, 15) is 0 Å². The van der Waals surface area contributed by atoms with Gasteiger partial charge in [-0.2, -0.15) is 4.99 Å². The van der Waals surface area contributed by atoms with Gasteiger partial charge >= 0.3 is 6.02 Å². The molecule has 11 heavy (non-hydrogen) atoms. The molecular weight excluding hydrogens is 142 g/mol. The minimum Gasteiger partial charge on any atom is -0.466 e. The standard InChI is InChI=1S/C7H9N3O/c1-3-6-8-4-5-9-7(10-6)11-2/h4H,3H2,1-2H3. The zero-order chi connectivity index (χ0) is 8.10. The van der Waals surface area contributed by atoms with E-state index < -0.39 is 0 Å². The predicted octanol–water partition coefficient (Wildman–Crippen LogP) is 0.994. The van der Waals surface area contributed by atoms with Crippen molar-refractivity contribution in [3.63, 3.8) is 0 Å². The molecule has 58 valence electrons. The van der Waals surface area contributed by atoms with Crippen molar-refractivity contribution in [1.82, 2.24) is 0 Å². The van der Waals surface area contributed by atoms with E-state index in [1.807, 2.05) is 6.92 Å². The number of nitrogens with zero attached hydrogens (tertiary/aromatic N) is 3. The summed E-state index contributed by atoms with van der Waals surface area (Å²) >= 11 is 0. The molecule has 0 spiro atoms. The van der Waals surface area contributed by atoms with Crippen LogP contribution < -0.4 is 0 Å². The fraction of sp³-hybridized carbons (Fsp3) is 0.429. The monoisotopic (exact) mass is 151 g/mol. The third kappa shape index (κ3) is 2.02. The van der Waals surface area contributed by atoms with Crippen LogP contribution in [0.5, 0.6) is 0 Å². The lowest BCUT2D eigenvalue weighted by Gasteiger charge is -1.95. The van der Waals surface area contributed by atoms with Crippen molar-refractivity contribution >= 4 is 17.7 Å². The summed E-state index contributed by atoms with van der Waals surface area (Å²) in [7, 11) is 1.52. The van der Waals surface area contributed by atoms with E-state index in [1.165, 1.54) is 13.3 Å². The summed E-state index contributed by atoms with van der Waals surface area (Å²) in [5.74, 6) is 3.27. The molecule has 1 rings (SSSR count). The van der Waals surface area contributed by atoms with E-state index in [4.69, 9.17) is 4.74 Å². The van der Waals surface area contributed by atoms with Gasteiger partial charge in [0.2, 0.25) is 0 Å². The van der Waals surface area contributed by atoms with Gasteiger partial charge < -0.3 is 4.74 Å². The van der Waals surface area contributed by atoms with Gasteiger partial charge in [-0.25, -0.2) is 4.99 Å². The Labute approximate surface area is 65.0 Å². The van der Waals surface area contributed by atoms with Crippen molar-refractivity contribution in [2.75, 3.05) is 7.11 Å². The number of hydrogen-bond donors (Lipinski definition) is 0. The molecule has 0 aliphatic carbocycles. The van der Waals surface area contributed by atoms with E-state index in [2.05, 4.69) is 20.8 Å². The highest BCUT2D eigenvalue weighted by atomic mass is 16.5. The molecule has 0 fully saturated rings. The molecule has 0 aromatic heterocycles. The van der Waals surface area contributed by atoms with E-state index >= 15 is 0 Å². The maximum absolute atomic E-state index is 4.82. The van der Waals surface area contributed by atoms with Crippen molar-refractivity contribution in [3.05, 3.63) is 6.20 Å². The molecule has 0 saturated carbocycles. The van der Waals surface area contributed by atoms with E-state index in [0.29, 0.717) is 11.9 Å². The summed E-state index contributed by atoms with van der Waals surface area (Å²) in [6, 6.07) is 0.305. The molecule has 4 heteroatoms. The van der Waals surface area contributed by atoms with E-state index in [1.54, 1.807) is 0 Å². The van der Waals surface area contributed by atoms with Gasteiger partial charge in [-0.05, 0) is 0 Å². The second kappa shape index (κ2) is 3.68. The van der Waals surface area contributed by atoms with Crippen LogP contribution in [0.2, 0.25) is 0 Å². The van der Waals surface area contributed by atoms with Crippen molar-refractivity contribution in [1.29, 1.82) is 0 Å². The fourth-order valence-electron chi connectivity index (χ4n) is 0.613. The highest BCUT2D eigenvalue weighted by Crippen LogP contribution is 1.94. The number of ether oxygens (including phenoxy) is 1. The number of methoxy groups -OCH3 is 1. The van der Waals surface area contributed by atoms with Gasteiger partial charge in [0.1, 0.15) is 5.84 Å². The summed E-state index contributed by atoms with van der Waals surface area (Å²) in [5.41, 5.74) is 0. The first-order valence-electron chi connectivity index (χ1n) is 3.34. The van der Waals surface area contributed by atoms with Gasteiger partial charge in [0, 0.05) is 12.3 Å². The van der Waals surface area contributed by atoms with Gasteiger partial charge in [-0.3, -0.25) is 0 Å². The van der Waals surface area contributed by atoms with Crippen LogP contribution in [0.15, 0.2) is 21.2 Å². The van der Waals surface area contributed by atoms with Gasteiger partial charge in [-0.15, -0.1) is 4.99 Å². The largest absolute Gasteiger partial charge is 0.466 e. The quantitative estimate of drug-likeness (QED) is 0.551. The second-order valence-corrected chi connectivity index (χ2v) is 1.87. The van der Waals surface area contributed by atoms with Crippen LogP contribution in [0.1, 0.15) is 13.3 Å². The first kappa shape index (κ1) is 7.69. The summed E-state index contributed by atoms with van der Waals surface area (Å²) < 4.78 is 4.82. The Hall–Kier alpha value is -1.41. The van der Waals surface area contributed by atoms with Gasteiger partial charge in [0.15, 0.2) is 0 Å². The predicted molar refractivity (Wildman–Crippen MR) is 44.2 cm³/mol. The SMILES string of the molecule is CCC1=NC=C=NC(OC)=N1. The number of rotatable bonds is 1. The minimum atomic E-state index is 0.305. The molecule has 0 atom stereocenters. The zero-order valence-corrected chi connectivity index (χ0v) is 6.53. The lowest BCUT2D eigenvalue weighted by Crippen LogP contribution is -2.00. The molecule has 0 radical (unpaired) electrons. The molecule has 0 bridgehead atoms. The minimum absolute atomic E-state index is 0.305. The lowest BCUT2D eigenvalue weighted by atomic mass is 10.4. The lowest BCUT2D eigenvalue weighted by molar-refractivity contribution is 0.398. The maximum atomic E-state index is 4.82. The average Bonchev–Trinajstić information content (AvgIpc) is 2.28. The van der Waals surface area contributed by atoms with Crippen molar-refractivity contribution in [3.8, 4) is 0 Å². The summed E-state index contributed by atoms with van der Waals surface area (Å²) in [4.78, 5) is 11.7. The van der Waals surface area contributed by atoms with Crippen LogP contribution in [0.4, 0.5) is 0 Å². The molecule has 4 nitrogen and oxygen atoms in total. The molecule has 0 aromatic rings.